The van der Waals surface area contributed by atoms with E-state index in [0.29, 0.717) is 0 Å². The van der Waals surface area contributed by atoms with Crippen molar-refractivity contribution >= 4 is 43.7 Å². The molecule has 0 saturated heterocycles. The smallest absolute Gasteiger partial charge is 0.136 e. The Bertz CT molecular complexity index is 1470. The lowest BCUT2D eigenvalue weighted by Gasteiger charge is -2.01. The molecule has 27 heavy (non-hydrogen) atoms. The average molecular weight is 347 g/mol. The first-order valence-corrected chi connectivity index (χ1v) is 9.18. The van der Waals surface area contributed by atoms with Crippen molar-refractivity contribution in [3.8, 4) is 11.1 Å². The molecule has 0 amide bonds. The van der Waals surface area contributed by atoms with Crippen LogP contribution in [0.15, 0.2) is 89.3 Å². The molecule has 0 saturated carbocycles. The van der Waals surface area contributed by atoms with Crippen LogP contribution in [0.4, 0.5) is 0 Å². The highest BCUT2D eigenvalue weighted by atomic mass is 16.3. The first-order valence-electron chi connectivity index (χ1n) is 9.18. The van der Waals surface area contributed by atoms with Gasteiger partial charge in [0.05, 0.1) is 0 Å². The highest BCUT2D eigenvalue weighted by Crippen LogP contribution is 2.37. The third-order valence-corrected chi connectivity index (χ3v) is 5.61. The summed E-state index contributed by atoms with van der Waals surface area (Å²) in [5, 5.41) is 4.84. The molecule has 128 valence electrons. The Balaban J connectivity index is 1.71. The number of fused-ring (bicyclic) bond motifs is 6. The van der Waals surface area contributed by atoms with Gasteiger partial charge in [0.25, 0.3) is 0 Å². The van der Waals surface area contributed by atoms with E-state index in [4.69, 9.17) is 4.42 Å². The number of nitrogens with zero attached hydrogens (tertiary/aromatic N) is 1. The summed E-state index contributed by atoms with van der Waals surface area (Å²) in [5.74, 6) is 0. The zero-order chi connectivity index (χ0) is 18.0. The van der Waals surface area contributed by atoms with Crippen LogP contribution in [0.25, 0.3) is 54.9 Å². The van der Waals surface area contributed by atoms with Crippen LogP contribution in [0.3, 0.4) is 0 Å². The van der Waals surface area contributed by atoms with Crippen LogP contribution >= 0.6 is 0 Å². The quantitative estimate of drug-likeness (QED) is 0.316. The largest absolute Gasteiger partial charge is 0.456 e. The monoisotopic (exact) mass is 347 g/mol. The molecule has 0 aliphatic carbocycles. The van der Waals surface area contributed by atoms with E-state index in [1.807, 2.05) is 6.07 Å². The van der Waals surface area contributed by atoms with E-state index in [1.54, 1.807) is 0 Å². The maximum Gasteiger partial charge on any atom is 0.136 e. The maximum atomic E-state index is 6.20. The van der Waals surface area contributed by atoms with E-state index in [-0.39, 0.29) is 0 Å². The fourth-order valence-corrected chi connectivity index (χ4v) is 4.24. The van der Waals surface area contributed by atoms with Gasteiger partial charge in [-0.3, -0.25) is 0 Å². The predicted octanol–water partition coefficient (Wildman–Crippen LogP) is 6.90. The molecule has 0 spiro atoms. The van der Waals surface area contributed by atoms with Gasteiger partial charge in [-0.25, -0.2) is 0 Å². The van der Waals surface area contributed by atoms with Gasteiger partial charge in [-0.2, -0.15) is 0 Å². The van der Waals surface area contributed by atoms with Gasteiger partial charge in [-0.1, -0.05) is 54.6 Å². The Kier molecular flexibility index (Phi) is 2.84. The topological polar surface area (TPSA) is 18.1 Å². The average Bonchev–Trinajstić information content (AvgIpc) is 3.22. The van der Waals surface area contributed by atoms with E-state index in [2.05, 4.69) is 90.5 Å². The summed E-state index contributed by atoms with van der Waals surface area (Å²) >= 11 is 0. The van der Waals surface area contributed by atoms with Crippen molar-refractivity contribution in [1.29, 1.82) is 0 Å². The number of hydrogen-bond acceptors (Lipinski definition) is 1. The van der Waals surface area contributed by atoms with E-state index in [0.717, 1.165) is 11.2 Å². The zero-order valence-corrected chi connectivity index (χ0v) is 14.9. The summed E-state index contributed by atoms with van der Waals surface area (Å²) in [7, 11) is 2.13. The van der Waals surface area contributed by atoms with E-state index < -0.39 is 0 Å². The molecule has 0 aliphatic rings. The van der Waals surface area contributed by atoms with Crippen LogP contribution in [0.2, 0.25) is 0 Å². The lowest BCUT2D eigenvalue weighted by molar-refractivity contribution is 0.669. The Morgan fingerprint density at radius 3 is 2.22 bits per heavy atom. The highest BCUT2D eigenvalue weighted by molar-refractivity contribution is 6.16. The van der Waals surface area contributed by atoms with E-state index in [9.17, 15) is 0 Å². The molecule has 6 rings (SSSR count). The fraction of sp³-hybridized carbons (Fsp3) is 0.0400. The number of benzene rings is 4. The van der Waals surface area contributed by atoms with Gasteiger partial charge in [0.1, 0.15) is 11.2 Å². The fourth-order valence-electron chi connectivity index (χ4n) is 4.24. The van der Waals surface area contributed by atoms with Crippen LogP contribution < -0.4 is 0 Å². The Morgan fingerprint density at radius 1 is 0.556 bits per heavy atom. The number of para-hydroxylation sites is 1. The molecule has 0 bridgehead atoms. The number of aromatic nitrogens is 1. The minimum absolute atomic E-state index is 0.935. The lowest BCUT2D eigenvalue weighted by atomic mass is 10.0. The molecule has 0 aliphatic heterocycles. The van der Waals surface area contributed by atoms with Crippen LogP contribution in [-0.4, -0.2) is 4.57 Å². The molecule has 0 radical (unpaired) electrons. The molecule has 0 unspecified atom stereocenters. The molecule has 2 aromatic heterocycles. The first kappa shape index (κ1) is 14.6. The SMILES string of the molecule is Cn1c2ccccc2c2cc3oc4ccc(-c5ccccc5)cc4c3cc21. The number of rotatable bonds is 1. The molecule has 6 aromatic rings. The van der Waals surface area contributed by atoms with Crippen molar-refractivity contribution in [1.82, 2.24) is 4.57 Å². The molecular weight excluding hydrogens is 330 g/mol. The van der Waals surface area contributed by atoms with Crippen molar-refractivity contribution in [2.45, 2.75) is 0 Å². The molecule has 0 fully saturated rings. The molecule has 2 nitrogen and oxygen atoms in total. The van der Waals surface area contributed by atoms with Crippen molar-refractivity contribution in [3.63, 3.8) is 0 Å². The molecule has 2 heteroatoms. The third kappa shape index (κ3) is 2.01. The van der Waals surface area contributed by atoms with E-state index >= 15 is 0 Å². The number of aryl methyl sites for hydroxylation is 1. The standard InChI is InChI=1S/C25H17NO/c1-26-22-10-6-5-9-18(22)19-15-25-21(14-23(19)26)20-13-17(11-12-24(20)27-25)16-7-3-2-4-8-16/h2-15H,1H3. The van der Waals surface area contributed by atoms with Gasteiger partial charge in [0, 0.05) is 39.6 Å². The number of furan rings is 1. The Hall–Kier alpha value is -3.52. The van der Waals surface area contributed by atoms with Gasteiger partial charge in [-0.05, 0) is 41.5 Å². The molecular formula is C25H17NO. The molecule has 4 aromatic carbocycles. The second-order valence-electron chi connectivity index (χ2n) is 7.12. The van der Waals surface area contributed by atoms with Crippen LogP contribution in [-0.2, 0) is 7.05 Å². The summed E-state index contributed by atoms with van der Waals surface area (Å²) in [6.07, 6.45) is 0. The lowest BCUT2D eigenvalue weighted by Crippen LogP contribution is -1.85. The minimum Gasteiger partial charge on any atom is -0.456 e. The second kappa shape index (κ2) is 5.24. The van der Waals surface area contributed by atoms with Crippen molar-refractivity contribution < 1.29 is 4.42 Å². The highest BCUT2D eigenvalue weighted by Gasteiger charge is 2.14. The van der Waals surface area contributed by atoms with Crippen LogP contribution in [0, 0.1) is 0 Å². The maximum absolute atomic E-state index is 6.20. The summed E-state index contributed by atoms with van der Waals surface area (Å²) in [6.45, 7) is 0. The summed E-state index contributed by atoms with van der Waals surface area (Å²) < 4.78 is 8.47. The second-order valence-corrected chi connectivity index (χ2v) is 7.12. The van der Waals surface area contributed by atoms with Gasteiger partial charge in [0.2, 0.25) is 0 Å². The molecule has 0 N–H and O–H groups in total. The zero-order valence-electron chi connectivity index (χ0n) is 14.9. The number of hydrogen-bond donors (Lipinski definition) is 0. The summed E-state index contributed by atoms with van der Waals surface area (Å²) in [4.78, 5) is 0. The normalized spacial score (nSPS) is 11.9. The van der Waals surface area contributed by atoms with Gasteiger partial charge in [-0.15, -0.1) is 0 Å². The molecule has 2 heterocycles. The minimum atomic E-state index is 0.935. The Morgan fingerprint density at radius 2 is 1.33 bits per heavy atom. The third-order valence-electron chi connectivity index (χ3n) is 5.61. The van der Waals surface area contributed by atoms with Crippen LogP contribution in [0.5, 0.6) is 0 Å². The van der Waals surface area contributed by atoms with Crippen molar-refractivity contribution in [3.05, 3.63) is 84.9 Å². The van der Waals surface area contributed by atoms with E-state index in [1.165, 1.54) is 43.7 Å². The summed E-state index contributed by atoms with van der Waals surface area (Å²) in [5.41, 5.74) is 6.79. The van der Waals surface area contributed by atoms with Crippen molar-refractivity contribution in [2.75, 3.05) is 0 Å². The van der Waals surface area contributed by atoms with Gasteiger partial charge < -0.3 is 8.98 Å². The predicted molar refractivity (Wildman–Crippen MR) is 113 cm³/mol. The summed E-state index contributed by atoms with van der Waals surface area (Å²) in [6, 6.07) is 29.9. The van der Waals surface area contributed by atoms with Crippen LogP contribution in [0.1, 0.15) is 0 Å². The molecule has 0 atom stereocenters. The van der Waals surface area contributed by atoms with Gasteiger partial charge >= 0.3 is 0 Å². The Labute approximate surface area is 156 Å². The van der Waals surface area contributed by atoms with Gasteiger partial charge in [0.15, 0.2) is 0 Å². The van der Waals surface area contributed by atoms with Crippen molar-refractivity contribution in [2.24, 2.45) is 7.05 Å². The first-order chi connectivity index (χ1) is 13.3.